The second-order valence-corrected chi connectivity index (χ2v) is 3.71. The summed E-state index contributed by atoms with van der Waals surface area (Å²) < 4.78 is 5.12. The smallest absolute Gasteiger partial charge is 0.303 e. The van der Waals surface area contributed by atoms with Gasteiger partial charge in [-0.2, -0.15) is 0 Å². The average Bonchev–Trinajstić information content (AvgIpc) is 1.81. The second-order valence-electron chi connectivity index (χ2n) is 3.71. The zero-order valence-electron chi connectivity index (χ0n) is 7.96. The fourth-order valence-corrected chi connectivity index (χ4v) is 1.78. The maximum atomic E-state index is 10.7. The van der Waals surface area contributed by atoms with Crippen LogP contribution in [0.4, 0.5) is 0 Å². The summed E-state index contributed by atoms with van der Waals surface area (Å²) in [5, 5.41) is 0. The normalized spacial score (nSPS) is 29.4. The lowest BCUT2D eigenvalue weighted by Crippen LogP contribution is -2.21. The lowest BCUT2D eigenvalue weighted by molar-refractivity contribution is -0.144. The largest absolute Gasteiger partial charge is 0.458 e. The molecule has 0 amide bonds. The van der Waals surface area contributed by atoms with Crippen LogP contribution >= 0.6 is 0 Å². The summed E-state index contributed by atoms with van der Waals surface area (Å²) in [6.45, 7) is 5.74. The average molecular weight is 168 g/mol. The van der Waals surface area contributed by atoms with Gasteiger partial charge in [-0.15, -0.1) is 0 Å². The molecule has 1 aliphatic carbocycles. The van der Waals surface area contributed by atoms with E-state index in [-0.39, 0.29) is 12.1 Å². The fourth-order valence-electron chi connectivity index (χ4n) is 1.78. The van der Waals surface area contributed by atoms with Crippen molar-refractivity contribution >= 4 is 5.97 Å². The lowest BCUT2D eigenvalue weighted by Gasteiger charge is -2.24. The van der Waals surface area contributed by atoms with Crippen LogP contribution in [0.5, 0.6) is 0 Å². The maximum Gasteiger partial charge on any atom is 0.303 e. The number of hydrogen-bond acceptors (Lipinski definition) is 2. The number of rotatable bonds is 1. The van der Waals surface area contributed by atoms with Crippen LogP contribution in [0.15, 0.2) is 11.6 Å². The van der Waals surface area contributed by atoms with Crippen molar-refractivity contribution in [2.24, 2.45) is 5.92 Å². The summed E-state index contributed by atoms with van der Waals surface area (Å²) in [5.74, 6) is 0.456. The molecule has 1 rings (SSSR count). The van der Waals surface area contributed by atoms with E-state index < -0.39 is 0 Å². The van der Waals surface area contributed by atoms with Crippen LogP contribution < -0.4 is 0 Å². The molecule has 12 heavy (non-hydrogen) atoms. The minimum atomic E-state index is -0.182. The van der Waals surface area contributed by atoms with Gasteiger partial charge >= 0.3 is 5.97 Å². The Kier molecular flexibility index (Phi) is 2.90. The Hall–Kier alpha value is -0.790. The molecule has 68 valence electrons. The first-order valence-electron chi connectivity index (χ1n) is 4.42. The van der Waals surface area contributed by atoms with Gasteiger partial charge in [-0.3, -0.25) is 4.79 Å². The van der Waals surface area contributed by atoms with Gasteiger partial charge in [-0.1, -0.05) is 12.5 Å². The minimum Gasteiger partial charge on any atom is -0.458 e. The molecule has 0 aromatic rings. The molecule has 0 aromatic heterocycles. The molecule has 0 N–H and O–H groups in total. The molecule has 0 aromatic carbocycles. The number of carbonyl (C=O) groups is 1. The molecule has 0 bridgehead atoms. The van der Waals surface area contributed by atoms with Crippen molar-refractivity contribution in [2.45, 2.75) is 39.7 Å². The molecule has 0 radical (unpaired) electrons. The van der Waals surface area contributed by atoms with Gasteiger partial charge in [0.1, 0.15) is 6.10 Å². The first-order valence-corrected chi connectivity index (χ1v) is 4.42. The van der Waals surface area contributed by atoms with Gasteiger partial charge < -0.3 is 4.74 Å². The molecular formula is C10H16O2. The molecule has 0 spiro atoms. The summed E-state index contributed by atoms with van der Waals surface area (Å²) in [7, 11) is 0. The standard InChI is InChI=1S/C10H16O2/c1-7-4-8(2)6-10(5-7)12-9(3)11/h5,8,10H,4,6H2,1-3H3. The third-order valence-corrected chi connectivity index (χ3v) is 2.09. The first-order chi connectivity index (χ1) is 5.58. The van der Waals surface area contributed by atoms with Gasteiger partial charge in [-0.25, -0.2) is 0 Å². The molecule has 0 saturated heterocycles. The highest BCUT2D eigenvalue weighted by Crippen LogP contribution is 2.25. The number of hydrogen-bond donors (Lipinski definition) is 0. The summed E-state index contributed by atoms with van der Waals surface area (Å²) in [6.07, 6.45) is 4.18. The van der Waals surface area contributed by atoms with Crippen molar-refractivity contribution < 1.29 is 9.53 Å². The van der Waals surface area contributed by atoms with E-state index in [1.807, 2.05) is 0 Å². The van der Waals surface area contributed by atoms with Crippen molar-refractivity contribution in [1.82, 2.24) is 0 Å². The van der Waals surface area contributed by atoms with E-state index >= 15 is 0 Å². The van der Waals surface area contributed by atoms with E-state index in [2.05, 4.69) is 19.9 Å². The number of allylic oxidation sites excluding steroid dienone is 1. The lowest BCUT2D eigenvalue weighted by atomic mass is 9.89. The summed E-state index contributed by atoms with van der Waals surface area (Å²) in [5.41, 5.74) is 1.33. The topological polar surface area (TPSA) is 26.3 Å². The van der Waals surface area contributed by atoms with Crippen molar-refractivity contribution in [3.63, 3.8) is 0 Å². The van der Waals surface area contributed by atoms with Gasteiger partial charge in [0.15, 0.2) is 0 Å². The highest BCUT2D eigenvalue weighted by Gasteiger charge is 2.18. The van der Waals surface area contributed by atoms with Crippen molar-refractivity contribution in [3.8, 4) is 0 Å². The van der Waals surface area contributed by atoms with Crippen LogP contribution in [0.1, 0.15) is 33.6 Å². The third kappa shape index (κ3) is 2.68. The Morgan fingerprint density at radius 2 is 2.33 bits per heavy atom. The Morgan fingerprint density at radius 3 is 2.83 bits per heavy atom. The Morgan fingerprint density at radius 1 is 1.67 bits per heavy atom. The van der Waals surface area contributed by atoms with Crippen LogP contribution in [0.2, 0.25) is 0 Å². The van der Waals surface area contributed by atoms with Crippen LogP contribution in [0, 0.1) is 5.92 Å². The molecule has 0 heterocycles. The number of carbonyl (C=O) groups excluding carboxylic acids is 1. The van der Waals surface area contributed by atoms with Crippen LogP contribution in [0.25, 0.3) is 0 Å². The summed E-state index contributed by atoms with van der Waals surface area (Å²) in [6, 6.07) is 0. The van der Waals surface area contributed by atoms with Gasteiger partial charge in [0.05, 0.1) is 0 Å². The van der Waals surface area contributed by atoms with Crippen LogP contribution in [-0.2, 0) is 9.53 Å². The molecule has 2 atom stereocenters. The molecule has 2 nitrogen and oxygen atoms in total. The molecule has 0 aliphatic heterocycles. The number of esters is 1. The van der Waals surface area contributed by atoms with Gasteiger partial charge in [0.2, 0.25) is 0 Å². The molecule has 1 aliphatic rings. The van der Waals surface area contributed by atoms with Crippen molar-refractivity contribution in [2.75, 3.05) is 0 Å². The summed E-state index contributed by atoms with van der Waals surface area (Å²) >= 11 is 0. The summed E-state index contributed by atoms with van der Waals surface area (Å²) in [4.78, 5) is 10.7. The monoisotopic (exact) mass is 168 g/mol. The minimum absolute atomic E-state index is 0.0197. The van der Waals surface area contributed by atoms with Gasteiger partial charge in [0.25, 0.3) is 0 Å². The predicted molar refractivity (Wildman–Crippen MR) is 47.7 cm³/mol. The maximum absolute atomic E-state index is 10.7. The zero-order valence-corrected chi connectivity index (χ0v) is 7.96. The van der Waals surface area contributed by atoms with E-state index in [1.165, 1.54) is 12.5 Å². The van der Waals surface area contributed by atoms with E-state index in [4.69, 9.17) is 4.74 Å². The molecule has 2 heteroatoms. The Balaban J connectivity index is 2.54. The van der Waals surface area contributed by atoms with E-state index in [0.717, 1.165) is 12.8 Å². The van der Waals surface area contributed by atoms with Crippen LogP contribution in [0.3, 0.4) is 0 Å². The number of ether oxygens (including phenoxy) is 1. The quantitative estimate of drug-likeness (QED) is 0.443. The van der Waals surface area contributed by atoms with Crippen molar-refractivity contribution in [1.29, 1.82) is 0 Å². The molecule has 0 fully saturated rings. The van der Waals surface area contributed by atoms with Crippen molar-refractivity contribution in [3.05, 3.63) is 11.6 Å². The molecule has 0 saturated carbocycles. The van der Waals surface area contributed by atoms with Gasteiger partial charge in [0, 0.05) is 6.92 Å². The third-order valence-electron chi connectivity index (χ3n) is 2.09. The highest BCUT2D eigenvalue weighted by atomic mass is 16.5. The predicted octanol–water partition coefficient (Wildman–Crippen LogP) is 2.29. The van der Waals surface area contributed by atoms with Crippen LogP contribution in [-0.4, -0.2) is 12.1 Å². The highest BCUT2D eigenvalue weighted by molar-refractivity contribution is 5.66. The van der Waals surface area contributed by atoms with Gasteiger partial charge in [-0.05, 0) is 31.8 Å². The van der Waals surface area contributed by atoms with E-state index in [1.54, 1.807) is 0 Å². The fraction of sp³-hybridized carbons (Fsp3) is 0.700. The molecule has 2 unspecified atom stereocenters. The van der Waals surface area contributed by atoms with E-state index in [0.29, 0.717) is 5.92 Å². The second kappa shape index (κ2) is 3.74. The Labute approximate surface area is 73.6 Å². The molecular weight excluding hydrogens is 152 g/mol. The SMILES string of the molecule is CC(=O)OC1C=C(C)CC(C)C1. The Bertz CT molecular complexity index is 206. The van der Waals surface area contributed by atoms with E-state index in [9.17, 15) is 4.79 Å². The zero-order chi connectivity index (χ0) is 9.14. The first kappa shape index (κ1) is 9.30.